The van der Waals surface area contributed by atoms with Crippen LogP contribution in [0.5, 0.6) is 23.0 Å². The van der Waals surface area contributed by atoms with Gasteiger partial charge in [-0.2, -0.15) is 10.1 Å². The van der Waals surface area contributed by atoms with Crippen molar-refractivity contribution in [1.29, 1.82) is 0 Å². The van der Waals surface area contributed by atoms with E-state index in [9.17, 15) is 15.0 Å². The molecule has 28 heavy (non-hydrogen) atoms. The second-order valence-corrected chi connectivity index (χ2v) is 7.21. The third-order valence-corrected chi connectivity index (χ3v) is 5.16. The molecule has 9 heteroatoms. The number of thiocarbonyl (C=S) groups is 1. The zero-order valence-corrected chi connectivity index (χ0v) is 16.6. The number of phenolic OH excluding ortho intramolecular Hbond substituents is 2. The number of carbonyl (C=O) groups excluding carboxylic acids is 1. The third kappa shape index (κ3) is 3.80. The number of rotatable bonds is 5. The maximum Gasteiger partial charge on any atom is 0.286 e. The number of thioether (sulfide) groups is 1. The Kier molecular flexibility index (Phi) is 5.86. The summed E-state index contributed by atoms with van der Waals surface area (Å²) in [6.07, 6.45) is 2.85. The van der Waals surface area contributed by atoms with Crippen molar-refractivity contribution in [3.05, 3.63) is 52.4 Å². The van der Waals surface area contributed by atoms with E-state index in [2.05, 4.69) is 5.10 Å². The van der Waals surface area contributed by atoms with E-state index in [0.29, 0.717) is 27.5 Å². The van der Waals surface area contributed by atoms with Gasteiger partial charge in [-0.25, -0.2) is 0 Å². The van der Waals surface area contributed by atoms with Gasteiger partial charge in [0.1, 0.15) is 0 Å². The number of para-hydroxylation sites is 2. The molecule has 0 unspecified atom stereocenters. The molecule has 0 atom stereocenters. The van der Waals surface area contributed by atoms with Crippen LogP contribution in [0.25, 0.3) is 6.08 Å². The van der Waals surface area contributed by atoms with Crippen molar-refractivity contribution in [3.8, 4) is 23.0 Å². The molecule has 0 aliphatic carbocycles. The normalized spacial score (nSPS) is 15.6. The first-order valence-electron chi connectivity index (χ1n) is 8.00. The van der Waals surface area contributed by atoms with Gasteiger partial charge in [0, 0.05) is 11.1 Å². The Labute approximate surface area is 170 Å². The summed E-state index contributed by atoms with van der Waals surface area (Å²) in [6.45, 7) is 0. The monoisotopic (exact) mass is 416 g/mol. The van der Waals surface area contributed by atoms with E-state index in [1.54, 1.807) is 36.4 Å². The van der Waals surface area contributed by atoms with E-state index in [1.165, 1.54) is 26.5 Å². The minimum absolute atomic E-state index is 0.0694. The summed E-state index contributed by atoms with van der Waals surface area (Å²) in [6, 6.07) is 9.90. The third-order valence-electron chi connectivity index (χ3n) is 3.87. The van der Waals surface area contributed by atoms with Gasteiger partial charge in [0.2, 0.25) is 0 Å². The molecule has 7 nitrogen and oxygen atoms in total. The molecule has 1 heterocycles. The lowest BCUT2D eigenvalue weighted by Gasteiger charge is -2.08. The smallest absolute Gasteiger partial charge is 0.286 e. The van der Waals surface area contributed by atoms with Crippen molar-refractivity contribution in [2.24, 2.45) is 5.10 Å². The molecule has 0 spiro atoms. The summed E-state index contributed by atoms with van der Waals surface area (Å²) in [5.74, 6) is 0.00505. The maximum atomic E-state index is 12.7. The van der Waals surface area contributed by atoms with Gasteiger partial charge < -0.3 is 19.7 Å². The molecular formula is C19H16N2O5S2. The van der Waals surface area contributed by atoms with E-state index in [0.717, 1.165) is 16.8 Å². The van der Waals surface area contributed by atoms with E-state index in [1.807, 2.05) is 0 Å². The molecular weight excluding hydrogens is 400 g/mol. The highest BCUT2D eigenvalue weighted by atomic mass is 32.2. The molecule has 3 rings (SSSR count). The second kappa shape index (κ2) is 8.32. The van der Waals surface area contributed by atoms with Crippen molar-refractivity contribution < 1.29 is 24.5 Å². The van der Waals surface area contributed by atoms with Crippen LogP contribution in [0.4, 0.5) is 0 Å². The van der Waals surface area contributed by atoms with Crippen LogP contribution in [0.1, 0.15) is 11.1 Å². The Morgan fingerprint density at radius 3 is 2.21 bits per heavy atom. The first-order chi connectivity index (χ1) is 13.5. The molecule has 1 aliphatic heterocycles. The summed E-state index contributed by atoms with van der Waals surface area (Å²) < 4.78 is 10.4. The maximum absolute atomic E-state index is 12.7. The van der Waals surface area contributed by atoms with Crippen molar-refractivity contribution in [2.75, 3.05) is 14.2 Å². The van der Waals surface area contributed by atoms with Crippen LogP contribution in [0, 0.1) is 0 Å². The lowest BCUT2D eigenvalue weighted by atomic mass is 10.1. The van der Waals surface area contributed by atoms with E-state index in [-0.39, 0.29) is 15.8 Å². The van der Waals surface area contributed by atoms with Gasteiger partial charge in [0.25, 0.3) is 5.91 Å². The number of hydrogen-bond donors (Lipinski definition) is 2. The number of carbonyl (C=O) groups is 1. The van der Waals surface area contributed by atoms with Crippen LogP contribution in [-0.2, 0) is 4.79 Å². The lowest BCUT2D eigenvalue weighted by molar-refractivity contribution is -0.122. The van der Waals surface area contributed by atoms with Crippen LogP contribution in [0.2, 0.25) is 0 Å². The van der Waals surface area contributed by atoms with Crippen LogP contribution >= 0.6 is 24.0 Å². The summed E-state index contributed by atoms with van der Waals surface area (Å²) >= 11 is 6.29. The topological polar surface area (TPSA) is 91.6 Å². The van der Waals surface area contributed by atoms with Crippen LogP contribution in [-0.4, -0.2) is 45.9 Å². The molecule has 2 aromatic carbocycles. The zero-order chi connectivity index (χ0) is 20.3. The summed E-state index contributed by atoms with van der Waals surface area (Å²) in [4.78, 5) is 13.0. The minimum Gasteiger partial charge on any atom is -0.504 e. The molecule has 2 N–H and O–H groups in total. The SMILES string of the molecule is COc1cccc(C=NN2C(=O)C(=Cc3cccc(OC)c3O)SC2=S)c1O. The molecule has 1 amide bonds. The predicted molar refractivity (Wildman–Crippen MR) is 112 cm³/mol. The van der Waals surface area contributed by atoms with Crippen molar-refractivity contribution in [3.63, 3.8) is 0 Å². The Bertz CT molecular complexity index is 1000. The van der Waals surface area contributed by atoms with Crippen molar-refractivity contribution in [1.82, 2.24) is 5.01 Å². The first-order valence-corrected chi connectivity index (χ1v) is 9.22. The Hall–Kier alpha value is -3.04. The highest BCUT2D eigenvalue weighted by Gasteiger charge is 2.32. The fourth-order valence-electron chi connectivity index (χ4n) is 2.45. The minimum atomic E-state index is -0.434. The zero-order valence-electron chi connectivity index (χ0n) is 14.9. The Balaban J connectivity index is 1.87. The number of phenols is 2. The Morgan fingerprint density at radius 2 is 1.61 bits per heavy atom. The molecule has 1 fully saturated rings. The lowest BCUT2D eigenvalue weighted by Crippen LogP contribution is -2.22. The second-order valence-electron chi connectivity index (χ2n) is 5.53. The summed E-state index contributed by atoms with van der Waals surface area (Å²) in [5, 5.41) is 25.5. The quantitative estimate of drug-likeness (QED) is 0.439. The van der Waals surface area contributed by atoms with Crippen LogP contribution in [0.3, 0.4) is 0 Å². The number of hydrogen-bond acceptors (Lipinski definition) is 8. The van der Waals surface area contributed by atoms with Gasteiger partial charge in [0.05, 0.1) is 25.3 Å². The van der Waals surface area contributed by atoms with Crippen molar-refractivity contribution in [2.45, 2.75) is 0 Å². The van der Waals surface area contributed by atoms with Gasteiger partial charge in [-0.05, 0) is 36.5 Å². The molecule has 144 valence electrons. The fraction of sp³-hybridized carbons (Fsp3) is 0.105. The van der Waals surface area contributed by atoms with Gasteiger partial charge >= 0.3 is 0 Å². The number of ether oxygens (including phenoxy) is 2. The van der Waals surface area contributed by atoms with Gasteiger partial charge in [-0.15, -0.1) is 0 Å². The highest BCUT2D eigenvalue weighted by molar-refractivity contribution is 8.26. The number of benzene rings is 2. The molecule has 0 saturated carbocycles. The van der Waals surface area contributed by atoms with Gasteiger partial charge in [0.15, 0.2) is 27.3 Å². The standard InChI is InChI=1S/C19H16N2O5S2/c1-25-13-7-3-5-11(16(13)22)9-15-18(24)21(19(27)28-15)20-10-12-6-4-8-14(26-2)17(12)23/h3-10,22-23H,1-2H3. The van der Waals surface area contributed by atoms with Crippen molar-refractivity contribution >= 4 is 46.5 Å². The average Bonchev–Trinajstić information content (AvgIpc) is 2.95. The highest BCUT2D eigenvalue weighted by Crippen LogP contribution is 2.37. The van der Waals surface area contributed by atoms with E-state index < -0.39 is 5.91 Å². The molecule has 0 aromatic heterocycles. The molecule has 1 aliphatic rings. The average molecular weight is 416 g/mol. The predicted octanol–water partition coefficient (Wildman–Crippen LogP) is 3.35. The first kappa shape index (κ1) is 19.7. The van der Waals surface area contributed by atoms with Gasteiger partial charge in [-0.3, -0.25) is 4.79 Å². The van der Waals surface area contributed by atoms with E-state index >= 15 is 0 Å². The van der Waals surface area contributed by atoms with E-state index in [4.69, 9.17) is 21.7 Å². The number of aromatic hydroxyl groups is 2. The number of nitrogens with zero attached hydrogens (tertiary/aromatic N) is 2. The molecule has 1 saturated heterocycles. The molecule has 0 radical (unpaired) electrons. The van der Waals surface area contributed by atoms with Crippen LogP contribution < -0.4 is 9.47 Å². The van der Waals surface area contributed by atoms with Crippen LogP contribution in [0.15, 0.2) is 46.4 Å². The fourth-order valence-corrected chi connectivity index (χ4v) is 3.61. The number of hydrazone groups is 1. The largest absolute Gasteiger partial charge is 0.504 e. The molecule has 0 bridgehead atoms. The summed E-state index contributed by atoms with van der Waals surface area (Å²) in [7, 11) is 2.89. The number of amides is 1. The number of methoxy groups -OCH3 is 2. The van der Waals surface area contributed by atoms with Gasteiger partial charge in [-0.1, -0.05) is 30.0 Å². The summed E-state index contributed by atoms with van der Waals surface area (Å²) in [5.41, 5.74) is 0.803. The Morgan fingerprint density at radius 1 is 1.04 bits per heavy atom. The molecule has 2 aromatic rings.